The molecule has 0 radical (unpaired) electrons. The molecule has 0 N–H and O–H groups in total. The third-order valence-electron chi connectivity index (χ3n) is 4.28. The molecule has 5 nitrogen and oxygen atoms in total. The minimum absolute atomic E-state index is 0.000928. The molecule has 4 aromatic rings. The zero-order chi connectivity index (χ0) is 19.9. The quantitative estimate of drug-likeness (QED) is 0.399. The second-order valence-electron chi connectivity index (χ2n) is 5.92. The van der Waals surface area contributed by atoms with Crippen LogP contribution in [0.15, 0.2) is 65.7 Å². The molecule has 4 rings (SSSR count). The van der Waals surface area contributed by atoms with Gasteiger partial charge in [0, 0.05) is 22.4 Å². The van der Waals surface area contributed by atoms with Crippen molar-refractivity contribution in [3.8, 4) is 11.5 Å². The summed E-state index contributed by atoms with van der Waals surface area (Å²) in [5.41, 5.74) is 0.265. The van der Waals surface area contributed by atoms with Crippen molar-refractivity contribution >= 4 is 55.0 Å². The molecule has 0 unspecified atom stereocenters. The highest BCUT2D eigenvalue weighted by Crippen LogP contribution is 2.39. The van der Waals surface area contributed by atoms with E-state index in [1.54, 1.807) is 42.5 Å². The number of methoxy groups -OCH3 is 1. The molecular formula is C20H13Cl2NO4S. The second-order valence-corrected chi connectivity index (χ2v) is 8.25. The molecule has 3 aromatic carbocycles. The van der Waals surface area contributed by atoms with Crippen molar-refractivity contribution in [3.63, 3.8) is 0 Å². The van der Waals surface area contributed by atoms with E-state index in [0.29, 0.717) is 26.9 Å². The van der Waals surface area contributed by atoms with Gasteiger partial charge < -0.3 is 8.92 Å². The fraction of sp³-hybridized carbons (Fsp3) is 0.0500. The number of hydrogen-bond donors (Lipinski definition) is 0. The van der Waals surface area contributed by atoms with Crippen LogP contribution in [0.3, 0.4) is 0 Å². The molecule has 0 saturated carbocycles. The van der Waals surface area contributed by atoms with Gasteiger partial charge in [0.15, 0.2) is 5.75 Å². The highest BCUT2D eigenvalue weighted by Gasteiger charge is 2.24. The third-order valence-corrected chi connectivity index (χ3v) is 6.15. The fourth-order valence-corrected chi connectivity index (χ4v) is 4.78. The predicted molar refractivity (Wildman–Crippen MR) is 110 cm³/mol. The number of rotatable bonds is 4. The molecule has 0 spiro atoms. The molecule has 0 saturated heterocycles. The summed E-state index contributed by atoms with van der Waals surface area (Å²) in [6.07, 6.45) is 1.51. The molecule has 1 heterocycles. The lowest BCUT2D eigenvalue weighted by Crippen LogP contribution is -2.11. The summed E-state index contributed by atoms with van der Waals surface area (Å²) < 4.78 is 37.0. The lowest BCUT2D eigenvalue weighted by atomic mass is 10.1. The molecule has 0 bridgehead atoms. The zero-order valence-corrected chi connectivity index (χ0v) is 16.8. The number of pyridine rings is 1. The topological polar surface area (TPSA) is 65.5 Å². The molecule has 0 aliphatic carbocycles. The Bertz CT molecular complexity index is 1320. The van der Waals surface area contributed by atoms with Crippen LogP contribution in [0.2, 0.25) is 10.0 Å². The first-order valence-corrected chi connectivity index (χ1v) is 10.3. The van der Waals surface area contributed by atoms with Gasteiger partial charge in [0.2, 0.25) is 0 Å². The van der Waals surface area contributed by atoms with Gasteiger partial charge in [0.25, 0.3) is 0 Å². The minimum atomic E-state index is -4.21. The van der Waals surface area contributed by atoms with Gasteiger partial charge in [-0.05, 0) is 30.3 Å². The summed E-state index contributed by atoms with van der Waals surface area (Å²) in [5.74, 6) is 0.493. The number of hydrogen-bond acceptors (Lipinski definition) is 5. The molecule has 0 atom stereocenters. The van der Waals surface area contributed by atoms with Crippen LogP contribution in [0, 0.1) is 0 Å². The SMILES string of the molecule is COc1ccc(S(=O)(=O)Oc2c(Cl)cc(Cl)c3cccnc23)c2ccccc12. The van der Waals surface area contributed by atoms with E-state index in [1.807, 2.05) is 0 Å². The van der Waals surface area contributed by atoms with E-state index in [0.717, 1.165) is 0 Å². The second kappa shape index (κ2) is 7.13. The summed E-state index contributed by atoms with van der Waals surface area (Å²) in [4.78, 5) is 4.19. The van der Waals surface area contributed by atoms with E-state index in [-0.39, 0.29) is 21.2 Å². The molecule has 0 aliphatic rings. The first-order valence-electron chi connectivity index (χ1n) is 8.15. The Morgan fingerprint density at radius 2 is 1.61 bits per heavy atom. The van der Waals surface area contributed by atoms with E-state index in [4.69, 9.17) is 32.1 Å². The van der Waals surface area contributed by atoms with Crippen molar-refractivity contribution in [2.45, 2.75) is 4.90 Å². The molecule has 0 fully saturated rings. The van der Waals surface area contributed by atoms with Gasteiger partial charge >= 0.3 is 10.1 Å². The highest BCUT2D eigenvalue weighted by atomic mass is 35.5. The monoisotopic (exact) mass is 433 g/mol. The van der Waals surface area contributed by atoms with Crippen LogP contribution in [0.1, 0.15) is 0 Å². The molecule has 8 heteroatoms. The zero-order valence-electron chi connectivity index (χ0n) is 14.5. The Morgan fingerprint density at radius 3 is 2.36 bits per heavy atom. The average molecular weight is 434 g/mol. The van der Waals surface area contributed by atoms with E-state index < -0.39 is 10.1 Å². The van der Waals surface area contributed by atoms with Crippen LogP contribution in [-0.4, -0.2) is 20.5 Å². The maximum Gasteiger partial charge on any atom is 0.339 e. The van der Waals surface area contributed by atoms with Crippen LogP contribution < -0.4 is 8.92 Å². The molecule has 0 amide bonds. The molecule has 142 valence electrons. The normalized spacial score (nSPS) is 11.7. The standard InChI is InChI=1S/C20H13Cl2NO4S/c1-26-17-8-9-18(13-6-3-2-5-12(13)17)28(24,25)27-20-16(22)11-15(21)14-7-4-10-23-19(14)20/h2-11H,1H3. The average Bonchev–Trinajstić information content (AvgIpc) is 2.70. The van der Waals surface area contributed by atoms with Crippen molar-refractivity contribution in [2.24, 2.45) is 0 Å². The van der Waals surface area contributed by atoms with Gasteiger partial charge in [0.05, 0.1) is 17.2 Å². The Hall–Kier alpha value is -2.54. The first kappa shape index (κ1) is 18.8. The van der Waals surface area contributed by atoms with Crippen molar-refractivity contribution in [1.29, 1.82) is 0 Å². The lowest BCUT2D eigenvalue weighted by Gasteiger charge is -2.14. The Labute approximate surface area is 171 Å². The summed E-state index contributed by atoms with van der Waals surface area (Å²) in [6, 6.07) is 14.9. The van der Waals surface area contributed by atoms with Crippen molar-refractivity contribution in [3.05, 3.63) is 70.8 Å². The van der Waals surface area contributed by atoms with E-state index >= 15 is 0 Å². The Balaban J connectivity index is 1.91. The number of aromatic nitrogens is 1. The first-order chi connectivity index (χ1) is 13.4. The smallest absolute Gasteiger partial charge is 0.339 e. The van der Waals surface area contributed by atoms with Gasteiger partial charge in [-0.2, -0.15) is 8.42 Å². The molecule has 28 heavy (non-hydrogen) atoms. The van der Waals surface area contributed by atoms with E-state index in [9.17, 15) is 8.42 Å². The van der Waals surface area contributed by atoms with Crippen LogP contribution >= 0.6 is 23.2 Å². The van der Waals surface area contributed by atoms with Crippen LogP contribution in [0.25, 0.3) is 21.7 Å². The van der Waals surface area contributed by atoms with Crippen molar-refractivity contribution < 1.29 is 17.3 Å². The maximum absolute atomic E-state index is 13.1. The maximum atomic E-state index is 13.1. The number of ether oxygens (including phenoxy) is 1. The summed E-state index contributed by atoms with van der Waals surface area (Å²) in [6.45, 7) is 0. The molecular weight excluding hydrogens is 421 g/mol. The van der Waals surface area contributed by atoms with Gasteiger partial charge in [-0.15, -0.1) is 0 Å². The van der Waals surface area contributed by atoms with Gasteiger partial charge in [-0.25, -0.2) is 0 Å². The number of halogens is 2. The van der Waals surface area contributed by atoms with Crippen LogP contribution in [0.5, 0.6) is 11.5 Å². The number of benzene rings is 3. The van der Waals surface area contributed by atoms with Crippen molar-refractivity contribution in [2.75, 3.05) is 7.11 Å². The van der Waals surface area contributed by atoms with E-state index in [2.05, 4.69) is 4.98 Å². The lowest BCUT2D eigenvalue weighted by molar-refractivity contribution is 0.419. The molecule has 1 aromatic heterocycles. The molecule has 0 aliphatic heterocycles. The minimum Gasteiger partial charge on any atom is -0.496 e. The van der Waals surface area contributed by atoms with Gasteiger partial charge in [-0.3, -0.25) is 4.98 Å². The Kier molecular flexibility index (Phi) is 4.79. The van der Waals surface area contributed by atoms with E-state index in [1.165, 1.54) is 25.4 Å². The largest absolute Gasteiger partial charge is 0.496 e. The van der Waals surface area contributed by atoms with Crippen LogP contribution in [-0.2, 0) is 10.1 Å². The van der Waals surface area contributed by atoms with Crippen molar-refractivity contribution in [1.82, 2.24) is 4.98 Å². The Morgan fingerprint density at radius 1 is 0.893 bits per heavy atom. The third kappa shape index (κ3) is 3.13. The highest BCUT2D eigenvalue weighted by molar-refractivity contribution is 7.87. The summed E-state index contributed by atoms with van der Waals surface area (Å²) in [5, 5.41) is 2.08. The predicted octanol–water partition coefficient (Wildman–Crippen LogP) is 5.47. The number of nitrogens with zero attached hydrogens (tertiary/aromatic N) is 1. The fourth-order valence-electron chi connectivity index (χ4n) is 3.02. The summed E-state index contributed by atoms with van der Waals surface area (Å²) in [7, 11) is -2.69. The van der Waals surface area contributed by atoms with Crippen LogP contribution in [0.4, 0.5) is 0 Å². The summed E-state index contributed by atoms with van der Waals surface area (Å²) >= 11 is 12.4. The van der Waals surface area contributed by atoms with Gasteiger partial charge in [0.1, 0.15) is 16.2 Å². The van der Waals surface area contributed by atoms with Gasteiger partial charge in [-0.1, -0.05) is 47.5 Å². The number of fused-ring (bicyclic) bond motifs is 2.